The van der Waals surface area contributed by atoms with Crippen molar-refractivity contribution in [1.29, 1.82) is 0 Å². The Morgan fingerprint density at radius 1 is 1.00 bits per heavy atom. The van der Waals surface area contributed by atoms with Gasteiger partial charge in [-0.05, 0) is 30.4 Å². The monoisotopic (exact) mass is 273 g/mol. The zero-order valence-electron chi connectivity index (χ0n) is 12.0. The summed E-state index contributed by atoms with van der Waals surface area (Å²) in [4.78, 5) is 2.66. The molecule has 1 spiro atoms. The van der Waals surface area contributed by atoms with Gasteiger partial charge in [0.15, 0.2) is 5.79 Å². The maximum atomic E-state index is 5.82. The van der Waals surface area contributed by atoms with Crippen molar-refractivity contribution in [1.82, 2.24) is 4.90 Å². The number of rotatable bonds is 1. The standard InChI is InChI=1S/C17H23NO2/c1-2-4-15-13-16(6-5-14(15)3-1)18-9-7-17(8-10-18)19-11-12-20-17/h1-4,16H,5-13H2/t16-/m1/s1. The fraction of sp³-hybridized carbons (Fsp3) is 0.647. The maximum absolute atomic E-state index is 5.82. The number of benzene rings is 1. The first-order valence-electron chi connectivity index (χ1n) is 7.93. The number of hydrogen-bond donors (Lipinski definition) is 0. The third-order valence-electron chi connectivity index (χ3n) is 5.21. The first kappa shape index (κ1) is 12.8. The van der Waals surface area contributed by atoms with E-state index in [2.05, 4.69) is 29.2 Å². The Labute approximate surface area is 120 Å². The highest BCUT2D eigenvalue weighted by Crippen LogP contribution is 2.34. The SMILES string of the molecule is c1ccc2c(c1)CC[C@@H](N1CCC3(CC1)OCCO3)C2. The molecule has 1 aromatic rings. The molecule has 1 atom stereocenters. The Morgan fingerprint density at radius 3 is 2.45 bits per heavy atom. The molecular weight excluding hydrogens is 250 g/mol. The van der Waals surface area contributed by atoms with Gasteiger partial charge in [0.05, 0.1) is 13.2 Å². The minimum Gasteiger partial charge on any atom is -0.347 e. The lowest BCUT2D eigenvalue weighted by Crippen LogP contribution is -2.50. The van der Waals surface area contributed by atoms with Crippen molar-refractivity contribution in [2.45, 2.75) is 43.9 Å². The number of hydrogen-bond acceptors (Lipinski definition) is 3. The van der Waals surface area contributed by atoms with Gasteiger partial charge in [-0.1, -0.05) is 24.3 Å². The van der Waals surface area contributed by atoms with Crippen molar-refractivity contribution >= 4 is 0 Å². The lowest BCUT2D eigenvalue weighted by atomic mass is 9.86. The van der Waals surface area contributed by atoms with Crippen LogP contribution in [0.3, 0.4) is 0 Å². The van der Waals surface area contributed by atoms with Gasteiger partial charge in [0.2, 0.25) is 0 Å². The smallest absolute Gasteiger partial charge is 0.170 e. The van der Waals surface area contributed by atoms with Crippen LogP contribution in [-0.4, -0.2) is 43.0 Å². The molecule has 2 aliphatic heterocycles. The van der Waals surface area contributed by atoms with E-state index in [-0.39, 0.29) is 5.79 Å². The highest BCUT2D eigenvalue weighted by molar-refractivity contribution is 5.30. The molecule has 1 aromatic carbocycles. The third kappa shape index (κ3) is 2.28. The largest absolute Gasteiger partial charge is 0.347 e. The second kappa shape index (κ2) is 5.14. The lowest BCUT2D eigenvalue weighted by Gasteiger charge is -2.42. The first-order chi connectivity index (χ1) is 9.85. The van der Waals surface area contributed by atoms with Crippen LogP contribution in [0.2, 0.25) is 0 Å². The molecule has 2 fully saturated rings. The van der Waals surface area contributed by atoms with Gasteiger partial charge in [-0.25, -0.2) is 0 Å². The molecule has 2 heterocycles. The molecule has 3 aliphatic rings. The van der Waals surface area contributed by atoms with Gasteiger partial charge in [-0.2, -0.15) is 0 Å². The van der Waals surface area contributed by atoms with Crippen LogP contribution >= 0.6 is 0 Å². The molecule has 0 unspecified atom stereocenters. The van der Waals surface area contributed by atoms with E-state index < -0.39 is 0 Å². The predicted octanol–water partition coefficient (Wildman–Crippen LogP) is 2.38. The number of likely N-dealkylation sites (tertiary alicyclic amines) is 1. The Hall–Kier alpha value is -0.900. The van der Waals surface area contributed by atoms with E-state index in [0.29, 0.717) is 6.04 Å². The molecular formula is C17H23NO2. The zero-order chi connectivity index (χ0) is 13.4. The van der Waals surface area contributed by atoms with E-state index in [9.17, 15) is 0 Å². The first-order valence-corrected chi connectivity index (χ1v) is 7.93. The van der Waals surface area contributed by atoms with Crippen LogP contribution in [-0.2, 0) is 22.3 Å². The van der Waals surface area contributed by atoms with Crippen molar-refractivity contribution in [2.75, 3.05) is 26.3 Å². The molecule has 1 aliphatic carbocycles. The van der Waals surface area contributed by atoms with E-state index in [1.807, 2.05) is 0 Å². The molecule has 0 bridgehead atoms. The summed E-state index contributed by atoms with van der Waals surface area (Å²) >= 11 is 0. The summed E-state index contributed by atoms with van der Waals surface area (Å²) in [6.45, 7) is 3.78. The second-order valence-corrected chi connectivity index (χ2v) is 6.31. The molecule has 0 radical (unpaired) electrons. The van der Waals surface area contributed by atoms with Crippen molar-refractivity contribution < 1.29 is 9.47 Å². The average Bonchev–Trinajstić information content (AvgIpc) is 2.96. The van der Waals surface area contributed by atoms with E-state index in [1.165, 1.54) is 19.3 Å². The molecule has 108 valence electrons. The minimum absolute atomic E-state index is 0.233. The van der Waals surface area contributed by atoms with E-state index in [4.69, 9.17) is 9.47 Å². The summed E-state index contributed by atoms with van der Waals surface area (Å²) in [5.41, 5.74) is 3.11. The molecule has 4 rings (SSSR count). The van der Waals surface area contributed by atoms with E-state index in [1.54, 1.807) is 11.1 Å². The zero-order valence-corrected chi connectivity index (χ0v) is 12.0. The number of piperidine rings is 1. The predicted molar refractivity (Wildman–Crippen MR) is 77.7 cm³/mol. The summed E-state index contributed by atoms with van der Waals surface area (Å²) in [5.74, 6) is -0.233. The highest BCUT2D eigenvalue weighted by atomic mass is 16.7. The second-order valence-electron chi connectivity index (χ2n) is 6.31. The van der Waals surface area contributed by atoms with Crippen molar-refractivity contribution in [2.24, 2.45) is 0 Å². The van der Waals surface area contributed by atoms with E-state index >= 15 is 0 Å². The molecule has 0 amide bonds. The number of ether oxygens (including phenoxy) is 2. The number of aryl methyl sites for hydroxylation is 1. The summed E-state index contributed by atoms with van der Waals surface area (Å²) in [5, 5.41) is 0. The van der Waals surface area contributed by atoms with Crippen molar-refractivity contribution in [3.8, 4) is 0 Å². The van der Waals surface area contributed by atoms with Gasteiger partial charge in [-0.15, -0.1) is 0 Å². The summed E-state index contributed by atoms with van der Waals surface area (Å²) in [6.07, 6.45) is 5.81. The quantitative estimate of drug-likeness (QED) is 0.784. The van der Waals surface area contributed by atoms with Gasteiger partial charge < -0.3 is 9.47 Å². The average molecular weight is 273 g/mol. The summed E-state index contributed by atoms with van der Waals surface area (Å²) < 4.78 is 11.6. The Bertz CT molecular complexity index is 472. The van der Waals surface area contributed by atoms with Crippen LogP contribution in [0.1, 0.15) is 30.4 Å². The molecule has 3 heteroatoms. The topological polar surface area (TPSA) is 21.7 Å². The summed E-state index contributed by atoms with van der Waals surface area (Å²) in [6, 6.07) is 9.64. The lowest BCUT2D eigenvalue weighted by molar-refractivity contribution is -0.188. The van der Waals surface area contributed by atoms with E-state index in [0.717, 1.165) is 39.1 Å². The fourth-order valence-corrected chi connectivity index (χ4v) is 4.01. The van der Waals surface area contributed by atoms with Gasteiger partial charge >= 0.3 is 0 Å². The van der Waals surface area contributed by atoms with Gasteiger partial charge in [-0.3, -0.25) is 4.90 Å². The summed E-state index contributed by atoms with van der Waals surface area (Å²) in [7, 11) is 0. The minimum atomic E-state index is -0.233. The van der Waals surface area contributed by atoms with Crippen LogP contribution in [0.5, 0.6) is 0 Å². The van der Waals surface area contributed by atoms with Crippen LogP contribution in [0, 0.1) is 0 Å². The molecule has 2 saturated heterocycles. The van der Waals surface area contributed by atoms with Gasteiger partial charge in [0, 0.05) is 32.0 Å². The maximum Gasteiger partial charge on any atom is 0.170 e. The molecule has 0 N–H and O–H groups in total. The molecule has 3 nitrogen and oxygen atoms in total. The molecule has 0 aromatic heterocycles. The Kier molecular flexibility index (Phi) is 3.29. The van der Waals surface area contributed by atoms with Crippen LogP contribution < -0.4 is 0 Å². The highest BCUT2D eigenvalue weighted by Gasteiger charge is 2.41. The molecule has 0 saturated carbocycles. The van der Waals surface area contributed by atoms with Crippen LogP contribution in [0.15, 0.2) is 24.3 Å². The Balaban J connectivity index is 1.41. The third-order valence-corrected chi connectivity index (χ3v) is 5.21. The van der Waals surface area contributed by atoms with Crippen LogP contribution in [0.4, 0.5) is 0 Å². The molecule has 20 heavy (non-hydrogen) atoms. The Morgan fingerprint density at radius 2 is 1.70 bits per heavy atom. The number of nitrogens with zero attached hydrogens (tertiary/aromatic N) is 1. The normalized spacial score (nSPS) is 29.5. The number of fused-ring (bicyclic) bond motifs is 1. The van der Waals surface area contributed by atoms with Crippen molar-refractivity contribution in [3.63, 3.8) is 0 Å². The van der Waals surface area contributed by atoms with Crippen LogP contribution in [0.25, 0.3) is 0 Å². The van der Waals surface area contributed by atoms with Gasteiger partial charge in [0.1, 0.15) is 0 Å². The fourth-order valence-electron chi connectivity index (χ4n) is 4.01. The van der Waals surface area contributed by atoms with Crippen molar-refractivity contribution in [3.05, 3.63) is 35.4 Å². The van der Waals surface area contributed by atoms with Gasteiger partial charge in [0.25, 0.3) is 0 Å².